The normalized spacial score (nSPS) is 13.5. The number of aromatic nitrogens is 2. The second-order valence-corrected chi connectivity index (χ2v) is 8.12. The Balaban J connectivity index is 1.45. The zero-order valence-corrected chi connectivity index (χ0v) is 19.3. The highest BCUT2D eigenvalue weighted by atomic mass is 19.1. The summed E-state index contributed by atoms with van der Waals surface area (Å²) in [4.78, 5) is 15.3. The van der Waals surface area contributed by atoms with E-state index in [1.165, 1.54) is 6.07 Å². The maximum atomic E-state index is 14.9. The van der Waals surface area contributed by atoms with Crippen molar-refractivity contribution < 1.29 is 18.7 Å². The van der Waals surface area contributed by atoms with E-state index >= 15 is 0 Å². The van der Waals surface area contributed by atoms with Gasteiger partial charge in [0.2, 0.25) is 0 Å². The molecular weight excluding hydrogens is 447 g/mol. The smallest absolute Gasteiger partial charge is 0.259 e. The van der Waals surface area contributed by atoms with Crippen molar-refractivity contribution in [2.24, 2.45) is 0 Å². The Bertz CT molecular complexity index is 1320. The summed E-state index contributed by atoms with van der Waals surface area (Å²) in [6.45, 7) is 2.40. The van der Waals surface area contributed by atoms with E-state index in [-0.39, 0.29) is 11.7 Å². The van der Waals surface area contributed by atoms with E-state index in [0.29, 0.717) is 54.7 Å². The number of benzene rings is 3. The van der Waals surface area contributed by atoms with E-state index in [2.05, 4.69) is 10.4 Å². The van der Waals surface area contributed by atoms with Crippen LogP contribution in [0.4, 0.5) is 15.8 Å². The topological polar surface area (TPSA) is 68.6 Å². The lowest BCUT2D eigenvalue weighted by Gasteiger charge is -2.29. The third-order valence-electron chi connectivity index (χ3n) is 5.90. The fraction of sp³-hybridized carbons (Fsp3) is 0.185. The zero-order chi connectivity index (χ0) is 24.2. The van der Waals surface area contributed by atoms with E-state index in [1.54, 1.807) is 30.1 Å². The lowest BCUT2D eigenvalue weighted by atomic mass is 10.1. The van der Waals surface area contributed by atoms with Gasteiger partial charge in [-0.2, -0.15) is 5.10 Å². The van der Waals surface area contributed by atoms with Crippen LogP contribution >= 0.6 is 0 Å². The summed E-state index contributed by atoms with van der Waals surface area (Å²) in [5, 5.41) is 7.51. The van der Waals surface area contributed by atoms with Gasteiger partial charge >= 0.3 is 0 Å². The molecule has 3 aromatic carbocycles. The van der Waals surface area contributed by atoms with E-state index in [1.807, 2.05) is 59.5 Å². The number of nitrogens with zero attached hydrogens (tertiary/aromatic N) is 3. The van der Waals surface area contributed by atoms with Crippen LogP contribution in [0.5, 0.6) is 5.75 Å². The molecular formula is C27H25FN4O3. The summed E-state index contributed by atoms with van der Waals surface area (Å²) in [5.74, 6) is -0.0605. The van der Waals surface area contributed by atoms with Crippen LogP contribution in [0.1, 0.15) is 10.4 Å². The van der Waals surface area contributed by atoms with Crippen LogP contribution in [-0.4, -0.2) is 49.1 Å². The van der Waals surface area contributed by atoms with Gasteiger partial charge in [-0.05, 0) is 54.6 Å². The molecule has 1 fully saturated rings. The molecule has 5 rings (SSSR count). The molecule has 1 aromatic heterocycles. The van der Waals surface area contributed by atoms with Gasteiger partial charge in [0.15, 0.2) is 0 Å². The van der Waals surface area contributed by atoms with Crippen LogP contribution in [0.3, 0.4) is 0 Å². The number of carbonyl (C=O) groups excluding carboxylic acids is 1. The van der Waals surface area contributed by atoms with Gasteiger partial charge < -0.3 is 19.7 Å². The van der Waals surface area contributed by atoms with Gasteiger partial charge in [-0.15, -0.1) is 0 Å². The quantitative estimate of drug-likeness (QED) is 0.438. The Kier molecular flexibility index (Phi) is 6.45. The summed E-state index contributed by atoms with van der Waals surface area (Å²) in [5.41, 5.74) is 3.34. The first kappa shape index (κ1) is 22.6. The van der Waals surface area contributed by atoms with Gasteiger partial charge in [-0.1, -0.05) is 18.2 Å². The van der Waals surface area contributed by atoms with Crippen LogP contribution in [0.2, 0.25) is 0 Å². The fourth-order valence-electron chi connectivity index (χ4n) is 4.06. The number of methoxy groups -OCH3 is 1. The molecule has 1 aliphatic heterocycles. The maximum absolute atomic E-state index is 14.9. The van der Waals surface area contributed by atoms with Crippen LogP contribution in [-0.2, 0) is 4.74 Å². The van der Waals surface area contributed by atoms with Crippen LogP contribution in [0.25, 0.3) is 16.9 Å². The van der Waals surface area contributed by atoms with Crippen molar-refractivity contribution in [1.82, 2.24) is 9.78 Å². The van der Waals surface area contributed by atoms with E-state index in [0.717, 1.165) is 11.3 Å². The Labute approximate surface area is 202 Å². The minimum Gasteiger partial charge on any atom is -0.497 e. The van der Waals surface area contributed by atoms with Crippen molar-refractivity contribution in [2.45, 2.75) is 0 Å². The number of halogens is 1. The second kappa shape index (κ2) is 9.99. The molecule has 0 atom stereocenters. The third-order valence-corrected chi connectivity index (χ3v) is 5.90. The van der Waals surface area contributed by atoms with Crippen molar-refractivity contribution in [3.63, 3.8) is 0 Å². The largest absolute Gasteiger partial charge is 0.497 e. The number of para-hydroxylation sites is 1. The first-order valence-electron chi connectivity index (χ1n) is 11.4. The molecule has 2 heterocycles. The Morgan fingerprint density at radius 3 is 2.46 bits per heavy atom. The van der Waals surface area contributed by atoms with Gasteiger partial charge in [0.05, 0.1) is 37.3 Å². The van der Waals surface area contributed by atoms with Crippen molar-refractivity contribution >= 4 is 17.3 Å². The van der Waals surface area contributed by atoms with Crippen LogP contribution in [0, 0.1) is 5.82 Å². The maximum Gasteiger partial charge on any atom is 0.259 e. The number of morpholine rings is 1. The SMILES string of the molecule is COc1ccc(-c2nn(-c3ccccc3)cc2C(=O)Nc2ccc(N3CCOCC3)c(F)c2)cc1. The van der Waals surface area contributed by atoms with Crippen LogP contribution in [0.15, 0.2) is 79.0 Å². The van der Waals surface area contributed by atoms with Gasteiger partial charge in [0.1, 0.15) is 17.3 Å². The molecule has 0 bridgehead atoms. The van der Waals surface area contributed by atoms with Crippen LogP contribution < -0.4 is 15.0 Å². The van der Waals surface area contributed by atoms with E-state index in [9.17, 15) is 9.18 Å². The molecule has 178 valence electrons. The number of rotatable bonds is 6. The molecule has 0 aliphatic carbocycles. The molecule has 0 spiro atoms. The standard InChI is InChI=1S/C27H25FN4O3/c1-34-22-10-7-19(8-11-22)26-23(18-32(30-26)21-5-3-2-4-6-21)27(33)29-20-9-12-25(24(28)17-20)31-13-15-35-16-14-31/h2-12,17-18H,13-16H2,1H3,(H,29,33). The second-order valence-electron chi connectivity index (χ2n) is 8.12. The lowest BCUT2D eigenvalue weighted by molar-refractivity contribution is 0.102. The number of hydrogen-bond acceptors (Lipinski definition) is 5. The Morgan fingerprint density at radius 1 is 1.03 bits per heavy atom. The first-order chi connectivity index (χ1) is 17.1. The van der Waals surface area contributed by atoms with Gasteiger partial charge in [0.25, 0.3) is 5.91 Å². The zero-order valence-electron chi connectivity index (χ0n) is 19.3. The molecule has 7 nitrogen and oxygen atoms in total. The number of amides is 1. The first-order valence-corrected chi connectivity index (χ1v) is 11.4. The predicted molar refractivity (Wildman–Crippen MR) is 133 cm³/mol. The molecule has 35 heavy (non-hydrogen) atoms. The van der Waals surface area contributed by atoms with Crippen molar-refractivity contribution in [2.75, 3.05) is 43.6 Å². The summed E-state index contributed by atoms with van der Waals surface area (Å²) in [7, 11) is 1.60. The lowest BCUT2D eigenvalue weighted by Crippen LogP contribution is -2.36. The van der Waals surface area contributed by atoms with E-state index < -0.39 is 0 Å². The number of carbonyl (C=O) groups is 1. The van der Waals surface area contributed by atoms with Crippen molar-refractivity contribution in [3.05, 3.63) is 90.4 Å². The van der Waals surface area contributed by atoms with Crippen molar-refractivity contribution in [1.29, 1.82) is 0 Å². The monoisotopic (exact) mass is 472 g/mol. The molecule has 0 saturated carbocycles. The number of anilines is 2. The summed E-state index contributed by atoms with van der Waals surface area (Å²) in [6.07, 6.45) is 1.68. The molecule has 0 radical (unpaired) electrons. The summed E-state index contributed by atoms with van der Waals surface area (Å²) < 4.78 is 27.1. The minimum atomic E-state index is -0.389. The highest BCUT2D eigenvalue weighted by Crippen LogP contribution is 2.28. The number of nitrogens with one attached hydrogen (secondary N) is 1. The molecule has 1 N–H and O–H groups in total. The van der Waals surface area contributed by atoms with E-state index in [4.69, 9.17) is 9.47 Å². The Morgan fingerprint density at radius 2 is 1.77 bits per heavy atom. The predicted octanol–water partition coefficient (Wildman–Crippen LogP) is 4.78. The highest BCUT2D eigenvalue weighted by molar-refractivity contribution is 6.08. The highest BCUT2D eigenvalue weighted by Gasteiger charge is 2.20. The molecule has 1 aliphatic rings. The molecule has 1 amide bonds. The molecule has 1 saturated heterocycles. The Hall–Kier alpha value is -4.17. The van der Waals surface area contributed by atoms with Gasteiger partial charge in [0, 0.05) is 30.5 Å². The number of ether oxygens (including phenoxy) is 2. The average Bonchev–Trinajstić information content (AvgIpc) is 3.36. The van der Waals surface area contributed by atoms with Gasteiger partial charge in [-0.3, -0.25) is 4.79 Å². The molecule has 0 unspecified atom stereocenters. The summed E-state index contributed by atoms with van der Waals surface area (Å²) in [6, 6.07) is 21.6. The minimum absolute atomic E-state index is 0.372. The fourth-order valence-corrected chi connectivity index (χ4v) is 4.06. The van der Waals surface area contributed by atoms with Crippen molar-refractivity contribution in [3.8, 4) is 22.7 Å². The molecule has 8 heteroatoms. The molecule has 4 aromatic rings. The average molecular weight is 473 g/mol. The number of hydrogen-bond donors (Lipinski definition) is 1. The summed E-state index contributed by atoms with van der Waals surface area (Å²) >= 11 is 0. The van der Waals surface area contributed by atoms with Gasteiger partial charge in [-0.25, -0.2) is 9.07 Å². The third kappa shape index (κ3) is 4.88.